The maximum Gasteiger partial charge on any atom is 0.243 e. The lowest BCUT2D eigenvalue weighted by molar-refractivity contribution is -0.116. The molecule has 0 spiro atoms. The van der Waals surface area contributed by atoms with Gasteiger partial charge in [0.15, 0.2) is 0 Å². The van der Waals surface area contributed by atoms with Gasteiger partial charge in [-0.25, -0.2) is 8.42 Å². The maximum absolute atomic E-state index is 13.1. The van der Waals surface area contributed by atoms with Gasteiger partial charge >= 0.3 is 0 Å². The molecule has 1 aliphatic carbocycles. The Labute approximate surface area is 155 Å². The van der Waals surface area contributed by atoms with E-state index in [1.54, 1.807) is 34.3 Å². The van der Waals surface area contributed by atoms with E-state index in [-0.39, 0.29) is 5.91 Å². The van der Waals surface area contributed by atoms with Crippen LogP contribution in [0.15, 0.2) is 23.1 Å². The Balaban J connectivity index is 1.48. The molecule has 1 saturated heterocycles. The number of amides is 1. The van der Waals surface area contributed by atoms with Gasteiger partial charge in [0, 0.05) is 51.4 Å². The van der Waals surface area contributed by atoms with Gasteiger partial charge in [0.1, 0.15) is 0 Å². The summed E-state index contributed by atoms with van der Waals surface area (Å²) in [6, 6.07) is 5.85. The Morgan fingerprint density at radius 3 is 2.38 bits per heavy atom. The third-order valence-electron chi connectivity index (χ3n) is 6.08. The van der Waals surface area contributed by atoms with Gasteiger partial charge in [0.25, 0.3) is 0 Å². The SMILES string of the molecule is CC(=O)N1CCc2cc(S(=O)(=O)N3CCN(C4CCCC4)CC3)ccc21. The molecule has 6 nitrogen and oxygen atoms in total. The van der Waals surface area contributed by atoms with E-state index >= 15 is 0 Å². The third kappa shape index (κ3) is 3.17. The summed E-state index contributed by atoms with van der Waals surface area (Å²) < 4.78 is 27.7. The normalized spacial score (nSPS) is 22.7. The predicted molar refractivity (Wildman–Crippen MR) is 101 cm³/mol. The average molecular weight is 378 g/mol. The fourth-order valence-corrected chi connectivity index (χ4v) is 6.07. The molecule has 0 aromatic heterocycles. The summed E-state index contributed by atoms with van der Waals surface area (Å²) in [5.74, 6) is 0.00221. The summed E-state index contributed by atoms with van der Waals surface area (Å²) in [5.41, 5.74) is 1.80. The number of benzene rings is 1. The number of hydrogen-bond acceptors (Lipinski definition) is 4. The molecule has 142 valence electrons. The summed E-state index contributed by atoms with van der Waals surface area (Å²) in [7, 11) is -3.47. The molecule has 2 heterocycles. The number of fused-ring (bicyclic) bond motifs is 1. The number of carbonyl (C=O) groups is 1. The second-order valence-corrected chi connectivity index (χ2v) is 9.53. The van der Waals surface area contributed by atoms with Crippen LogP contribution in [-0.2, 0) is 21.2 Å². The highest BCUT2D eigenvalue weighted by Gasteiger charge is 2.33. The topological polar surface area (TPSA) is 60.9 Å². The zero-order valence-corrected chi connectivity index (χ0v) is 16.2. The van der Waals surface area contributed by atoms with Gasteiger partial charge in [0.05, 0.1) is 4.90 Å². The summed E-state index contributed by atoms with van der Waals surface area (Å²) >= 11 is 0. The molecule has 26 heavy (non-hydrogen) atoms. The fraction of sp³-hybridized carbons (Fsp3) is 0.632. The first-order chi connectivity index (χ1) is 12.5. The van der Waals surface area contributed by atoms with Crippen LogP contribution < -0.4 is 4.90 Å². The molecule has 0 N–H and O–H groups in total. The summed E-state index contributed by atoms with van der Waals surface area (Å²) in [4.78, 5) is 16.2. The molecule has 7 heteroatoms. The van der Waals surface area contributed by atoms with Gasteiger partial charge in [-0.3, -0.25) is 9.69 Å². The van der Waals surface area contributed by atoms with Gasteiger partial charge < -0.3 is 4.90 Å². The molecule has 2 aliphatic heterocycles. The molecule has 4 rings (SSSR count). The smallest absolute Gasteiger partial charge is 0.243 e. The third-order valence-corrected chi connectivity index (χ3v) is 7.97. The van der Waals surface area contributed by atoms with Crippen LogP contribution in [0, 0.1) is 0 Å². The van der Waals surface area contributed by atoms with E-state index in [1.165, 1.54) is 25.7 Å². The molecule has 0 unspecified atom stereocenters. The molecule has 1 saturated carbocycles. The molecule has 0 radical (unpaired) electrons. The van der Waals surface area contributed by atoms with Crippen LogP contribution in [0.4, 0.5) is 5.69 Å². The number of sulfonamides is 1. The molecule has 2 fully saturated rings. The van der Waals surface area contributed by atoms with Gasteiger partial charge in [-0.1, -0.05) is 12.8 Å². The highest BCUT2D eigenvalue weighted by atomic mass is 32.2. The van der Waals surface area contributed by atoms with Crippen LogP contribution in [0.25, 0.3) is 0 Å². The van der Waals surface area contributed by atoms with Crippen molar-refractivity contribution in [2.75, 3.05) is 37.6 Å². The van der Waals surface area contributed by atoms with Crippen molar-refractivity contribution in [3.05, 3.63) is 23.8 Å². The van der Waals surface area contributed by atoms with E-state index in [2.05, 4.69) is 4.90 Å². The zero-order chi connectivity index (χ0) is 18.3. The lowest BCUT2D eigenvalue weighted by atomic mass is 10.2. The molecule has 3 aliphatic rings. The van der Waals surface area contributed by atoms with E-state index in [9.17, 15) is 13.2 Å². The number of anilines is 1. The van der Waals surface area contributed by atoms with Crippen molar-refractivity contribution in [1.82, 2.24) is 9.21 Å². The minimum absolute atomic E-state index is 0.00221. The van der Waals surface area contributed by atoms with E-state index < -0.39 is 10.0 Å². The van der Waals surface area contributed by atoms with Crippen LogP contribution in [0.1, 0.15) is 38.2 Å². The Bertz CT molecular complexity index is 794. The molecule has 0 bridgehead atoms. The second-order valence-electron chi connectivity index (χ2n) is 7.59. The van der Waals surface area contributed by atoms with Crippen LogP contribution in [0.5, 0.6) is 0 Å². The molecular formula is C19H27N3O3S. The van der Waals surface area contributed by atoms with E-state index in [0.29, 0.717) is 37.0 Å². The maximum atomic E-state index is 13.1. The second kappa shape index (κ2) is 6.94. The fourth-order valence-electron chi connectivity index (χ4n) is 4.59. The van der Waals surface area contributed by atoms with Crippen molar-refractivity contribution < 1.29 is 13.2 Å². The van der Waals surface area contributed by atoms with Gasteiger partial charge in [-0.2, -0.15) is 4.31 Å². The van der Waals surface area contributed by atoms with Crippen molar-refractivity contribution in [1.29, 1.82) is 0 Å². The molecule has 1 aromatic carbocycles. The predicted octanol–water partition coefficient (Wildman–Crippen LogP) is 1.84. The summed E-state index contributed by atoms with van der Waals surface area (Å²) in [6.07, 6.45) is 5.83. The van der Waals surface area contributed by atoms with Crippen LogP contribution in [0.2, 0.25) is 0 Å². The van der Waals surface area contributed by atoms with E-state index in [4.69, 9.17) is 0 Å². The molecular weight excluding hydrogens is 350 g/mol. The Hall–Kier alpha value is -1.44. The van der Waals surface area contributed by atoms with E-state index in [0.717, 1.165) is 24.3 Å². The summed E-state index contributed by atoms with van der Waals surface area (Å²) in [6.45, 7) is 4.96. The lowest BCUT2D eigenvalue weighted by Gasteiger charge is -2.37. The van der Waals surface area contributed by atoms with Gasteiger partial charge in [0.2, 0.25) is 15.9 Å². The molecule has 0 atom stereocenters. The molecule has 1 aromatic rings. The van der Waals surface area contributed by atoms with Crippen molar-refractivity contribution in [3.63, 3.8) is 0 Å². The molecule has 1 amide bonds. The quantitative estimate of drug-likeness (QED) is 0.807. The standard InChI is InChI=1S/C19H27N3O3S/c1-15(23)22-9-8-16-14-18(6-7-19(16)22)26(24,25)21-12-10-20(11-13-21)17-4-2-3-5-17/h6-7,14,17H,2-5,8-13H2,1H3. The first kappa shape index (κ1) is 17.9. The van der Waals surface area contributed by atoms with Crippen LogP contribution >= 0.6 is 0 Å². The zero-order valence-electron chi connectivity index (χ0n) is 15.4. The number of carbonyl (C=O) groups excluding carboxylic acids is 1. The van der Waals surface area contributed by atoms with Gasteiger partial charge in [-0.15, -0.1) is 0 Å². The summed E-state index contributed by atoms with van der Waals surface area (Å²) in [5, 5.41) is 0. The van der Waals surface area contributed by atoms with Crippen molar-refractivity contribution in [3.8, 4) is 0 Å². The largest absolute Gasteiger partial charge is 0.312 e. The van der Waals surface area contributed by atoms with Crippen molar-refractivity contribution >= 4 is 21.6 Å². The minimum atomic E-state index is -3.47. The lowest BCUT2D eigenvalue weighted by Crippen LogP contribution is -2.51. The number of hydrogen-bond donors (Lipinski definition) is 0. The highest BCUT2D eigenvalue weighted by molar-refractivity contribution is 7.89. The Morgan fingerprint density at radius 1 is 1.04 bits per heavy atom. The highest BCUT2D eigenvalue weighted by Crippen LogP contribution is 2.32. The number of piperazine rings is 1. The van der Waals surface area contributed by atoms with Crippen molar-refractivity contribution in [2.24, 2.45) is 0 Å². The number of nitrogens with zero attached hydrogens (tertiary/aromatic N) is 3. The Morgan fingerprint density at radius 2 is 1.73 bits per heavy atom. The monoisotopic (exact) mass is 377 g/mol. The van der Waals surface area contributed by atoms with E-state index in [1.807, 2.05) is 0 Å². The van der Waals surface area contributed by atoms with Gasteiger partial charge in [-0.05, 0) is 43.0 Å². The van der Waals surface area contributed by atoms with Crippen LogP contribution in [-0.4, -0.2) is 62.3 Å². The average Bonchev–Trinajstić information content (AvgIpc) is 3.31. The first-order valence-corrected chi connectivity index (χ1v) is 11.1. The minimum Gasteiger partial charge on any atom is -0.312 e. The number of rotatable bonds is 3. The van der Waals surface area contributed by atoms with Crippen molar-refractivity contribution in [2.45, 2.75) is 50.0 Å². The first-order valence-electron chi connectivity index (χ1n) is 9.62. The van der Waals surface area contributed by atoms with Crippen LogP contribution in [0.3, 0.4) is 0 Å². The Kier molecular flexibility index (Phi) is 4.79.